The highest BCUT2D eigenvalue weighted by Gasteiger charge is 2.15. The van der Waals surface area contributed by atoms with Crippen molar-refractivity contribution in [1.82, 2.24) is 4.90 Å². The standard InChI is InChI=1S/C19H20ClNO3/c1-2-21(13-15-8-4-3-5-9-15)18(22)14-24-19(23)12-16-10-6-7-11-17(16)20/h3-11H,2,12-14H2,1H3. The summed E-state index contributed by atoms with van der Waals surface area (Å²) in [6, 6.07) is 16.8. The highest BCUT2D eigenvalue weighted by atomic mass is 35.5. The van der Waals surface area contributed by atoms with Crippen LogP contribution in [0.1, 0.15) is 18.1 Å². The SMILES string of the molecule is CCN(Cc1ccccc1)C(=O)COC(=O)Cc1ccccc1Cl. The molecule has 0 aliphatic rings. The van der Waals surface area contributed by atoms with E-state index < -0.39 is 5.97 Å². The van der Waals surface area contributed by atoms with Gasteiger partial charge in [-0.15, -0.1) is 0 Å². The van der Waals surface area contributed by atoms with E-state index in [0.29, 0.717) is 23.7 Å². The van der Waals surface area contributed by atoms with E-state index in [1.54, 1.807) is 29.2 Å². The fourth-order valence-electron chi connectivity index (χ4n) is 2.26. The van der Waals surface area contributed by atoms with E-state index in [2.05, 4.69) is 0 Å². The average Bonchev–Trinajstić information content (AvgIpc) is 2.60. The van der Waals surface area contributed by atoms with Crippen LogP contribution in [0.15, 0.2) is 54.6 Å². The van der Waals surface area contributed by atoms with Gasteiger partial charge in [-0.25, -0.2) is 0 Å². The van der Waals surface area contributed by atoms with Gasteiger partial charge in [-0.1, -0.05) is 60.1 Å². The summed E-state index contributed by atoms with van der Waals surface area (Å²) in [5, 5.41) is 0.514. The number of halogens is 1. The molecule has 2 rings (SSSR count). The van der Waals surface area contributed by atoms with Crippen LogP contribution < -0.4 is 0 Å². The maximum absolute atomic E-state index is 12.2. The van der Waals surface area contributed by atoms with Crippen LogP contribution >= 0.6 is 11.6 Å². The summed E-state index contributed by atoms with van der Waals surface area (Å²) < 4.78 is 5.09. The summed E-state index contributed by atoms with van der Waals surface area (Å²) >= 11 is 6.01. The monoisotopic (exact) mass is 345 g/mol. The normalized spacial score (nSPS) is 10.2. The molecule has 0 radical (unpaired) electrons. The number of ether oxygens (including phenoxy) is 1. The lowest BCUT2D eigenvalue weighted by molar-refractivity contribution is -0.151. The Balaban J connectivity index is 1.84. The molecule has 5 heteroatoms. The first-order valence-corrected chi connectivity index (χ1v) is 8.18. The van der Waals surface area contributed by atoms with Crippen molar-refractivity contribution in [1.29, 1.82) is 0 Å². The van der Waals surface area contributed by atoms with Crippen LogP contribution in [0.3, 0.4) is 0 Å². The van der Waals surface area contributed by atoms with E-state index in [1.807, 2.05) is 37.3 Å². The topological polar surface area (TPSA) is 46.6 Å². The van der Waals surface area contributed by atoms with Crippen LogP contribution in [-0.2, 0) is 27.3 Å². The molecule has 0 heterocycles. The van der Waals surface area contributed by atoms with Gasteiger partial charge in [0.2, 0.25) is 0 Å². The Morgan fingerprint density at radius 1 is 1.04 bits per heavy atom. The molecule has 24 heavy (non-hydrogen) atoms. The van der Waals surface area contributed by atoms with Gasteiger partial charge in [0.25, 0.3) is 5.91 Å². The van der Waals surface area contributed by atoms with Crippen molar-refractivity contribution in [2.45, 2.75) is 19.9 Å². The smallest absolute Gasteiger partial charge is 0.310 e. The predicted molar refractivity (Wildman–Crippen MR) is 93.6 cm³/mol. The molecule has 0 atom stereocenters. The van der Waals surface area contributed by atoms with Gasteiger partial charge in [0.15, 0.2) is 6.61 Å². The Morgan fingerprint density at radius 3 is 2.38 bits per heavy atom. The quantitative estimate of drug-likeness (QED) is 0.722. The van der Waals surface area contributed by atoms with Gasteiger partial charge in [-0.2, -0.15) is 0 Å². The van der Waals surface area contributed by atoms with Crippen molar-refractivity contribution in [2.24, 2.45) is 0 Å². The first kappa shape index (κ1) is 18.0. The molecule has 0 bridgehead atoms. The maximum atomic E-state index is 12.2. The zero-order chi connectivity index (χ0) is 17.4. The fraction of sp³-hybridized carbons (Fsp3) is 0.263. The molecule has 0 saturated carbocycles. The second-order valence-corrected chi connectivity index (χ2v) is 5.73. The van der Waals surface area contributed by atoms with Crippen LogP contribution in [0.4, 0.5) is 0 Å². The van der Waals surface area contributed by atoms with E-state index in [1.165, 1.54) is 0 Å². The summed E-state index contributed by atoms with van der Waals surface area (Å²) in [5.41, 5.74) is 1.73. The third kappa shape index (κ3) is 5.39. The first-order chi connectivity index (χ1) is 11.6. The van der Waals surface area contributed by atoms with E-state index in [4.69, 9.17) is 16.3 Å². The van der Waals surface area contributed by atoms with E-state index in [-0.39, 0.29) is 18.9 Å². The number of amides is 1. The number of esters is 1. The Bertz CT molecular complexity index is 688. The first-order valence-electron chi connectivity index (χ1n) is 7.81. The number of benzene rings is 2. The summed E-state index contributed by atoms with van der Waals surface area (Å²) in [6.45, 7) is 2.68. The van der Waals surface area contributed by atoms with Gasteiger partial charge >= 0.3 is 5.97 Å². The Kier molecular flexibility index (Phi) is 6.82. The number of nitrogens with zero attached hydrogens (tertiary/aromatic N) is 1. The molecule has 2 aromatic carbocycles. The van der Waals surface area contributed by atoms with Gasteiger partial charge in [0.05, 0.1) is 6.42 Å². The molecule has 0 spiro atoms. The highest BCUT2D eigenvalue weighted by Crippen LogP contribution is 2.15. The zero-order valence-corrected chi connectivity index (χ0v) is 14.3. The predicted octanol–water partition coefficient (Wildman–Crippen LogP) is 3.47. The molecular formula is C19H20ClNO3. The molecule has 2 aromatic rings. The van der Waals surface area contributed by atoms with Crippen LogP contribution in [-0.4, -0.2) is 29.9 Å². The second-order valence-electron chi connectivity index (χ2n) is 5.32. The molecule has 1 amide bonds. The Labute approximate surface area is 147 Å². The zero-order valence-electron chi connectivity index (χ0n) is 13.6. The Morgan fingerprint density at radius 2 is 1.71 bits per heavy atom. The van der Waals surface area contributed by atoms with Crippen molar-refractivity contribution < 1.29 is 14.3 Å². The lowest BCUT2D eigenvalue weighted by Crippen LogP contribution is -2.34. The lowest BCUT2D eigenvalue weighted by Gasteiger charge is -2.20. The molecule has 4 nitrogen and oxygen atoms in total. The highest BCUT2D eigenvalue weighted by molar-refractivity contribution is 6.31. The van der Waals surface area contributed by atoms with E-state index in [0.717, 1.165) is 5.56 Å². The van der Waals surface area contributed by atoms with Crippen LogP contribution in [0.25, 0.3) is 0 Å². The minimum absolute atomic E-state index is 0.0533. The third-order valence-corrected chi connectivity index (χ3v) is 3.97. The summed E-state index contributed by atoms with van der Waals surface area (Å²) in [4.78, 5) is 25.8. The third-order valence-electron chi connectivity index (χ3n) is 3.60. The van der Waals surface area contributed by atoms with E-state index in [9.17, 15) is 9.59 Å². The minimum atomic E-state index is -0.466. The lowest BCUT2D eigenvalue weighted by atomic mass is 10.1. The van der Waals surface area contributed by atoms with Gasteiger partial charge in [-0.05, 0) is 24.1 Å². The maximum Gasteiger partial charge on any atom is 0.310 e. The molecule has 0 aromatic heterocycles. The van der Waals surface area contributed by atoms with Crippen molar-refractivity contribution in [3.63, 3.8) is 0 Å². The number of hydrogen-bond donors (Lipinski definition) is 0. The van der Waals surface area contributed by atoms with Crippen molar-refractivity contribution in [2.75, 3.05) is 13.2 Å². The molecule has 0 saturated heterocycles. The number of likely N-dealkylation sites (N-methyl/N-ethyl adjacent to an activating group) is 1. The number of carbonyl (C=O) groups is 2. The number of carbonyl (C=O) groups excluding carboxylic acids is 2. The molecule has 0 fully saturated rings. The van der Waals surface area contributed by atoms with Crippen LogP contribution in [0.5, 0.6) is 0 Å². The van der Waals surface area contributed by atoms with Gasteiger partial charge in [0, 0.05) is 18.1 Å². The molecular weight excluding hydrogens is 326 g/mol. The van der Waals surface area contributed by atoms with Gasteiger partial charge < -0.3 is 9.64 Å². The van der Waals surface area contributed by atoms with Gasteiger partial charge in [0.1, 0.15) is 0 Å². The molecule has 0 unspecified atom stereocenters. The Hall–Kier alpha value is -2.33. The van der Waals surface area contributed by atoms with E-state index >= 15 is 0 Å². The van der Waals surface area contributed by atoms with Crippen LogP contribution in [0, 0.1) is 0 Å². The second kappa shape index (κ2) is 9.08. The van der Waals surface area contributed by atoms with Gasteiger partial charge in [-0.3, -0.25) is 9.59 Å². The van der Waals surface area contributed by atoms with Crippen LogP contribution in [0.2, 0.25) is 5.02 Å². The fourth-order valence-corrected chi connectivity index (χ4v) is 2.46. The molecule has 0 aliphatic heterocycles. The minimum Gasteiger partial charge on any atom is -0.455 e. The summed E-state index contributed by atoms with van der Waals surface area (Å²) in [5.74, 6) is -0.680. The molecule has 126 valence electrons. The largest absolute Gasteiger partial charge is 0.455 e. The number of rotatable bonds is 7. The molecule has 0 aliphatic carbocycles. The average molecular weight is 346 g/mol. The van der Waals surface area contributed by atoms with Crippen molar-refractivity contribution in [3.05, 3.63) is 70.7 Å². The molecule has 0 N–H and O–H groups in total. The summed E-state index contributed by atoms with van der Waals surface area (Å²) in [6.07, 6.45) is 0.0533. The summed E-state index contributed by atoms with van der Waals surface area (Å²) in [7, 11) is 0. The van der Waals surface area contributed by atoms with Crippen molar-refractivity contribution >= 4 is 23.5 Å². The van der Waals surface area contributed by atoms with Crippen molar-refractivity contribution in [3.8, 4) is 0 Å². The number of hydrogen-bond acceptors (Lipinski definition) is 3.